The fraction of sp³-hybridized carbons (Fsp3) is 0.353. The molecule has 0 unspecified atom stereocenters. The minimum atomic E-state index is -5.05. The van der Waals surface area contributed by atoms with Gasteiger partial charge in [0.15, 0.2) is 0 Å². The largest absolute Gasteiger partial charge is 0.471 e. The lowest BCUT2D eigenvalue weighted by molar-refractivity contribution is -0.174. The van der Waals surface area contributed by atoms with Gasteiger partial charge in [-0.3, -0.25) is 14.4 Å². The van der Waals surface area contributed by atoms with Gasteiger partial charge in [-0.1, -0.05) is 28.1 Å². The lowest BCUT2D eigenvalue weighted by Gasteiger charge is -2.29. The van der Waals surface area contributed by atoms with Gasteiger partial charge in [-0.2, -0.15) is 13.2 Å². The summed E-state index contributed by atoms with van der Waals surface area (Å²) < 4.78 is 43.9. The van der Waals surface area contributed by atoms with Crippen molar-refractivity contribution < 1.29 is 32.3 Å². The minimum absolute atomic E-state index is 0.372. The van der Waals surface area contributed by atoms with E-state index in [1.54, 1.807) is 35.7 Å². The van der Waals surface area contributed by atoms with Crippen molar-refractivity contribution in [2.75, 3.05) is 11.4 Å². The molecule has 27 heavy (non-hydrogen) atoms. The van der Waals surface area contributed by atoms with Crippen molar-refractivity contribution in [3.63, 3.8) is 0 Å². The van der Waals surface area contributed by atoms with Crippen LogP contribution in [0.15, 0.2) is 40.9 Å². The average Bonchev–Trinajstić information content (AvgIpc) is 3.24. The van der Waals surface area contributed by atoms with E-state index in [-0.39, 0.29) is 0 Å². The molecule has 0 saturated carbocycles. The Kier molecular flexibility index (Phi) is 3.97. The Morgan fingerprint density at radius 3 is 2.52 bits per heavy atom. The first-order valence-corrected chi connectivity index (χ1v) is 8.79. The molecule has 3 aliphatic heterocycles. The fourth-order valence-corrected chi connectivity index (χ4v) is 4.13. The number of fused-ring (bicyclic) bond motifs is 5. The summed E-state index contributed by atoms with van der Waals surface area (Å²) in [6.45, 7) is -0.549. The number of anilines is 1. The number of nitrogens with one attached hydrogen (secondary N) is 1. The minimum Gasteiger partial charge on any atom is -0.360 e. The van der Waals surface area contributed by atoms with Crippen molar-refractivity contribution in [2.45, 2.75) is 17.9 Å². The zero-order valence-electron chi connectivity index (χ0n) is 13.5. The quantitative estimate of drug-likeness (QED) is 0.570. The molecule has 6 nitrogen and oxygen atoms in total. The zero-order valence-corrected chi connectivity index (χ0v) is 15.1. The number of ether oxygens (including phenoxy) is 1. The van der Waals surface area contributed by atoms with Crippen LogP contribution in [0.3, 0.4) is 0 Å². The van der Waals surface area contributed by atoms with E-state index in [1.807, 2.05) is 0 Å². The van der Waals surface area contributed by atoms with Crippen molar-refractivity contribution in [1.29, 1.82) is 0 Å². The van der Waals surface area contributed by atoms with Crippen LogP contribution < -0.4 is 10.2 Å². The number of alkyl halides is 3. The monoisotopic (exact) mass is 444 g/mol. The second-order valence-electron chi connectivity index (χ2n) is 6.57. The van der Waals surface area contributed by atoms with Gasteiger partial charge in [0, 0.05) is 4.47 Å². The van der Waals surface area contributed by atoms with Crippen LogP contribution in [0.2, 0.25) is 0 Å². The molecular formula is C17H12BrF3N2O4. The molecule has 142 valence electrons. The predicted molar refractivity (Wildman–Crippen MR) is 89.4 cm³/mol. The maximum atomic E-state index is 13.0. The molecule has 3 amide bonds. The lowest BCUT2D eigenvalue weighted by Crippen LogP contribution is -2.51. The summed E-state index contributed by atoms with van der Waals surface area (Å²) in [5, 5.41) is 1.76. The molecular weight excluding hydrogens is 433 g/mol. The maximum absolute atomic E-state index is 13.0. The molecule has 2 bridgehead atoms. The smallest absolute Gasteiger partial charge is 0.360 e. The lowest BCUT2D eigenvalue weighted by atomic mass is 9.77. The second kappa shape index (κ2) is 5.90. The number of amides is 3. The van der Waals surface area contributed by atoms with Crippen LogP contribution in [0.4, 0.5) is 18.9 Å². The van der Waals surface area contributed by atoms with Gasteiger partial charge in [0.25, 0.3) is 0 Å². The molecule has 0 aromatic heterocycles. The standard InChI is InChI=1S/C17H12BrF3N2O4/c18-8-1-3-9(4-2-8)23-13(24)11-10-5-6-16(27-10,12(11)14(23)25)7-22-15(26)17(19,20)21/h1-6,10-12H,7H2,(H,22,26)/t10-,11+,12-,16+/m0/s1. The fourth-order valence-electron chi connectivity index (χ4n) is 3.87. The van der Waals surface area contributed by atoms with Gasteiger partial charge >= 0.3 is 12.1 Å². The van der Waals surface area contributed by atoms with Crippen LogP contribution in [0, 0.1) is 11.8 Å². The molecule has 10 heteroatoms. The highest BCUT2D eigenvalue weighted by Gasteiger charge is 2.68. The average molecular weight is 445 g/mol. The number of benzene rings is 1. The molecule has 0 spiro atoms. The van der Waals surface area contributed by atoms with E-state index >= 15 is 0 Å². The summed E-state index contributed by atoms with van der Waals surface area (Å²) in [7, 11) is 0. The Balaban J connectivity index is 1.62. The Morgan fingerprint density at radius 2 is 1.89 bits per heavy atom. The molecule has 0 aliphatic carbocycles. The zero-order chi connectivity index (χ0) is 19.6. The first-order chi connectivity index (χ1) is 12.6. The number of hydrogen-bond donors (Lipinski definition) is 1. The van der Waals surface area contributed by atoms with Crippen LogP contribution in [0.5, 0.6) is 0 Å². The Bertz CT molecular complexity index is 870. The van der Waals surface area contributed by atoms with Crippen molar-refractivity contribution in [2.24, 2.45) is 11.8 Å². The summed E-state index contributed by atoms with van der Waals surface area (Å²) >= 11 is 3.27. The SMILES string of the molecule is O=C1[C@@H]2[C@@H]3C=C[C@](CNC(=O)C(F)(F)F)(O3)[C@@H]2C(=O)N1c1ccc(Br)cc1. The van der Waals surface area contributed by atoms with Crippen LogP contribution in [0.1, 0.15) is 0 Å². The van der Waals surface area contributed by atoms with Gasteiger partial charge in [0.1, 0.15) is 5.60 Å². The summed E-state index contributed by atoms with van der Waals surface area (Å²) in [6.07, 6.45) is -2.74. The van der Waals surface area contributed by atoms with Gasteiger partial charge in [-0.15, -0.1) is 0 Å². The van der Waals surface area contributed by atoms with Gasteiger partial charge in [-0.05, 0) is 24.3 Å². The number of hydrogen-bond acceptors (Lipinski definition) is 4. The van der Waals surface area contributed by atoms with Crippen molar-refractivity contribution in [1.82, 2.24) is 5.32 Å². The van der Waals surface area contributed by atoms with Crippen LogP contribution >= 0.6 is 15.9 Å². The number of nitrogens with zero attached hydrogens (tertiary/aromatic N) is 1. The van der Waals surface area contributed by atoms with Crippen LogP contribution in [-0.4, -0.2) is 42.1 Å². The van der Waals surface area contributed by atoms with E-state index in [0.717, 1.165) is 9.37 Å². The van der Waals surface area contributed by atoms with Crippen LogP contribution in [-0.2, 0) is 19.1 Å². The van der Waals surface area contributed by atoms with Crippen molar-refractivity contribution >= 4 is 39.3 Å². The molecule has 4 atom stereocenters. The topological polar surface area (TPSA) is 75.7 Å². The van der Waals surface area contributed by atoms with E-state index in [4.69, 9.17) is 4.74 Å². The first-order valence-electron chi connectivity index (χ1n) is 8.00. The Labute approximate surface area is 159 Å². The van der Waals surface area contributed by atoms with E-state index in [0.29, 0.717) is 5.69 Å². The molecule has 3 aliphatic rings. The molecule has 2 saturated heterocycles. The third kappa shape index (κ3) is 2.69. The third-order valence-electron chi connectivity index (χ3n) is 5.02. The number of carbonyl (C=O) groups excluding carboxylic acids is 3. The highest BCUT2D eigenvalue weighted by molar-refractivity contribution is 9.10. The molecule has 1 aromatic rings. The third-order valence-corrected chi connectivity index (χ3v) is 5.55. The molecule has 3 heterocycles. The van der Waals surface area contributed by atoms with Gasteiger partial charge in [0.05, 0.1) is 30.2 Å². The summed E-state index contributed by atoms with van der Waals surface area (Å²) in [5.74, 6) is -4.96. The highest BCUT2D eigenvalue weighted by atomic mass is 79.9. The van der Waals surface area contributed by atoms with E-state index < -0.39 is 54.0 Å². The van der Waals surface area contributed by atoms with E-state index in [1.165, 1.54) is 6.08 Å². The first kappa shape index (κ1) is 18.2. The number of rotatable bonds is 3. The second-order valence-corrected chi connectivity index (χ2v) is 7.48. The Hall–Kier alpha value is -2.20. The van der Waals surface area contributed by atoms with E-state index in [2.05, 4.69) is 15.9 Å². The maximum Gasteiger partial charge on any atom is 0.471 e. The van der Waals surface area contributed by atoms with Gasteiger partial charge < -0.3 is 10.1 Å². The number of carbonyl (C=O) groups is 3. The van der Waals surface area contributed by atoms with E-state index in [9.17, 15) is 27.6 Å². The Morgan fingerprint density at radius 1 is 1.22 bits per heavy atom. The molecule has 1 N–H and O–H groups in total. The molecule has 4 rings (SSSR count). The van der Waals surface area contributed by atoms with Crippen LogP contribution in [0.25, 0.3) is 0 Å². The normalized spacial score (nSPS) is 31.6. The molecule has 1 aromatic carbocycles. The summed E-state index contributed by atoms with van der Waals surface area (Å²) in [4.78, 5) is 38.0. The number of halogens is 4. The molecule has 2 fully saturated rings. The summed E-state index contributed by atoms with van der Waals surface area (Å²) in [6, 6.07) is 6.53. The summed E-state index contributed by atoms with van der Waals surface area (Å²) in [5.41, 5.74) is -1.09. The highest BCUT2D eigenvalue weighted by Crippen LogP contribution is 2.52. The number of imide groups is 1. The molecule has 0 radical (unpaired) electrons. The van der Waals surface area contributed by atoms with Crippen molar-refractivity contribution in [3.8, 4) is 0 Å². The van der Waals surface area contributed by atoms with Gasteiger partial charge in [0.2, 0.25) is 11.8 Å². The van der Waals surface area contributed by atoms with Gasteiger partial charge in [-0.25, -0.2) is 4.90 Å². The van der Waals surface area contributed by atoms with Crippen molar-refractivity contribution in [3.05, 3.63) is 40.9 Å². The predicted octanol–water partition coefficient (Wildman–Crippen LogP) is 1.94.